The molecule has 0 amide bonds. The van der Waals surface area contributed by atoms with E-state index in [1.54, 1.807) is 32.0 Å². The molecule has 0 bridgehead atoms. The molecule has 0 saturated heterocycles. The van der Waals surface area contributed by atoms with Crippen molar-refractivity contribution in [1.82, 2.24) is 0 Å². The van der Waals surface area contributed by atoms with Crippen molar-refractivity contribution in [3.63, 3.8) is 0 Å². The van der Waals surface area contributed by atoms with Crippen LogP contribution < -0.4 is 9.47 Å². The van der Waals surface area contributed by atoms with E-state index in [1.165, 1.54) is 14.2 Å². The van der Waals surface area contributed by atoms with Crippen LogP contribution in [0, 0.1) is 5.41 Å². The Labute approximate surface area is 155 Å². The Morgan fingerprint density at radius 2 is 1.69 bits per heavy atom. The van der Waals surface area contributed by atoms with Crippen molar-refractivity contribution in [2.24, 2.45) is 5.41 Å². The summed E-state index contributed by atoms with van der Waals surface area (Å²) in [6.45, 7) is 3.39. The molecule has 0 radical (unpaired) electrons. The fraction of sp³-hybridized carbons (Fsp3) is 0.579. The second-order valence-corrected chi connectivity index (χ2v) is 7.62. The molecule has 0 aromatic heterocycles. The Bertz CT molecular complexity index is 673. The highest BCUT2D eigenvalue weighted by Crippen LogP contribution is 2.56. The van der Waals surface area contributed by atoms with Gasteiger partial charge in [0.1, 0.15) is 17.1 Å². The molecule has 1 atom stereocenters. The molecular formula is C19H25O6P. The second-order valence-electron chi connectivity index (χ2n) is 6.54. The van der Waals surface area contributed by atoms with Crippen LogP contribution in [0.15, 0.2) is 18.2 Å². The minimum Gasteiger partial charge on any atom is -0.496 e. The summed E-state index contributed by atoms with van der Waals surface area (Å²) in [7, 11) is 2.52. The molecule has 7 heteroatoms. The summed E-state index contributed by atoms with van der Waals surface area (Å²) in [4.78, 5) is 26.4. The monoisotopic (exact) mass is 380 g/mol. The number of Topliss-reactive ketones (excluding diaryl/α,β-unsaturated/α-hetero) is 1. The maximum Gasteiger partial charge on any atom is 0.324 e. The molecule has 1 fully saturated rings. The average Bonchev–Trinajstić information content (AvgIpc) is 3.17. The van der Waals surface area contributed by atoms with Crippen LogP contribution in [0.4, 0.5) is 0 Å². The highest BCUT2D eigenvalue weighted by atomic mass is 31.1. The summed E-state index contributed by atoms with van der Waals surface area (Å²) < 4.78 is 28.1. The van der Waals surface area contributed by atoms with Crippen molar-refractivity contribution < 1.29 is 28.4 Å². The van der Waals surface area contributed by atoms with E-state index in [0.29, 0.717) is 24.3 Å². The lowest BCUT2D eigenvalue weighted by Gasteiger charge is -2.39. The van der Waals surface area contributed by atoms with Gasteiger partial charge >= 0.3 is 5.97 Å². The number of esters is 1. The minimum atomic E-state index is -1.47. The van der Waals surface area contributed by atoms with E-state index in [2.05, 4.69) is 0 Å². The van der Waals surface area contributed by atoms with Gasteiger partial charge in [-0.25, -0.2) is 0 Å². The van der Waals surface area contributed by atoms with Crippen molar-refractivity contribution in [3.8, 4) is 11.5 Å². The molecule has 142 valence electrons. The van der Waals surface area contributed by atoms with E-state index in [9.17, 15) is 14.2 Å². The molecule has 1 aromatic rings. The van der Waals surface area contributed by atoms with Crippen LogP contribution >= 0.6 is 8.46 Å². The Hall–Kier alpha value is -1.94. The first-order valence-corrected chi connectivity index (χ1v) is 9.50. The van der Waals surface area contributed by atoms with Crippen molar-refractivity contribution in [2.45, 2.75) is 44.7 Å². The number of ketones is 1. The molecule has 6 nitrogen and oxygen atoms in total. The van der Waals surface area contributed by atoms with Gasteiger partial charge in [0.15, 0.2) is 19.4 Å². The number of rotatable bonds is 8. The summed E-state index contributed by atoms with van der Waals surface area (Å²) in [5.41, 5.74) is -0.858. The number of carbonyl (C=O) groups excluding carboxylic acids is 2. The van der Waals surface area contributed by atoms with Crippen LogP contribution in [0.2, 0.25) is 0 Å². The summed E-state index contributed by atoms with van der Waals surface area (Å²) in [6, 6.07) is 5.08. The number of hydrogen-bond acceptors (Lipinski definition) is 6. The van der Waals surface area contributed by atoms with Crippen LogP contribution in [0.1, 0.15) is 49.9 Å². The summed E-state index contributed by atoms with van der Waals surface area (Å²) >= 11 is 0. The normalized spacial score (nSPS) is 18.2. The quantitative estimate of drug-likeness (QED) is 0.384. The number of hydrogen-bond donors (Lipinski definition) is 0. The van der Waals surface area contributed by atoms with Gasteiger partial charge in [-0.05, 0) is 38.8 Å². The van der Waals surface area contributed by atoms with Crippen molar-refractivity contribution in [2.75, 3.05) is 20.8 Å². The lowest BCUT2D eigenvalue weighted by Crippen LogP contribution is -2.52. The summed E-state index contributed by atoms with van der Waals surface area (Å²) in [6.07, 6.45) is 2.45. The van der Waals surface area contributed by atoms with Crippen LogP contribution in [-0.2, 0) is 14.1 Å². The van der Waals surface area contributed by atoms with Gasteiger partial charge < -0.3 is 14.2 Å². The highest BCUT2D eigenvalue weighted by Gasteiger charge is 2.61. The van der Waals surface area contributed by atoms with Crippen molar-refractivity contribution in [1.29, 1.82) is 0 Å². The predicted molar refractivity (Wildman–Crippen MR) is 97.4 cm³/mol. The Balaban J connectivity index is 2.66. The fourth-order valence-corrected chi connectivity index (χ4v) is 4.46. The number of ether oxygens (including phenoxy) is 3. The molecule has 1 saturated carbocycles. The third kappa shape index (κ3) is 3.11. The topological polar surface area (TPSA) is 78.9 Å². The van der Waals surface area contributed by atoms with E-state index in [0.717, 1.165) is 12.8 Å². The Morgan fingerprint density at radius 1 is 1.15 bits per heavy atom. The lowest BCUT2D eigenvalue weighted by molar-refractivity contribution is -0.148. The van der Waals surface area contributed by atoms with E-state index in [4.69, 9.17) is 14.2 Å². The zero-order valence-corrected chi connectivity index (χ0v) is 16.6. The van der Waals surface area contributed by atoms with E-state index in [1.807, 2.05) is 0 Å². The van der Waals surface area contributed by atoms with E-state index in [-0.39, 0.29) is 18.0 Å². The Kier molecular flexibility index (Phi) is 6.40. The van der Waals surface area contributed by atoms with Crippen molar-refractivity contribution >= 4 is 20.2 Å². The van der Waals surface area contributed by atoms with E-state index < -0.39 is 25.0 Å². The molecule has 0 spiro atoms. The van der Waals surface area contributed by atoms with Gasteiger partial charge in [0.2, 0.25) is 0 Å². The maximum absolute atomic E-state index is 13.7. The molecule has 0 aliphatic heterocycles. The van der Waals surface area contributed by atoms with Gasteiger partial charge in [-0.2, -0.15) is 0 Å². The van der Waals surface area contributed by atoms with Gasteiger partial charge in [-0.3, -0.25) is 14.2 Å². The first-order chi connectivity index (χ1) is 12.4. The van der Waals surface area contributed by atoms with Gasteiger partial charge in [0.25, 0.3) is 0 Å². The molecule has 0 heterocycles. The van der Waals surface area contributed by atoms with Gasteiger partial charge in [-0.15, -0.1) is 0 Å². The second kappa shape index (κ2) is 8.17. The number of methoxy groups -OCH3 is 2. The standard InChI is InChI=1S/C19H25O6P/c1-5-25-17(21)18(2,26-22)19(11-6-7-12-19)16(20)15-13(23-3)9-8-10-14(15)24-4/h8-10H,5-7,11-12H2,1-4H3. The first kappa shape index (κ1) is 20.4. The van der Waals surface area contributed by atoms with Crippen LogP contribution in [0.25, 0.3) is 0 Å². The SMILES string of the molecule is CCOC(=O)C(C)(P=O)C1(C(=O)c2c(OC)cccc2OC)CCCC1. The molecule has 26 heavy (non-hydrogen) atoms. The zero-order valence-electron chi connectivity index (χ0n) is 15.7. The minimum absolute atomic E-state index is 0.159. The van der Waals surface area contributed by atoms with Crippen LogP contribution in [-0.4, -0.2) is 37.7 Å². The molecule has 0 N–H and O–H groups in total. The van der Waals surface area contributed by atoms with Gasteiger partial charge in [0, 0.05) is 0 Å². The average molecular weight is 380 g/mol. The molecule has 2 rings (SSSR count). The number of carbonyl (C=O) groups is 2. The van der Waals surface area contributed by atoms with Gasteiger partial charge in [0.05, 0.1) is 26.2 Å². The maximum atomic E-state index is 13.7. The zero-order chi connectivity index (χ0) is 19.4. The smallest absolute Gasteiger partial charge is 0.324 e. The third-order valence-electron chi connectivity index (χ3n) is 5.33. The summed E-state index contributed by atoms with van der Waals surface area (Å²) in [5, 5.41) is -1.47. The predicted octanol–water partition coefficient (Wildman–Crippen LogP) is 4.06. The fourth-order valence-electron chi connectivity index (χ4n) is 3.82. The van der Waals surface area contributed by atoms with Crippen molar-refractivity contribution in [3.05, 3.63) is 23.8 Å². The molecule has 1 unspecified atom stereocenters. The largest absolute Gasteiger partial charge is 0.496 e. The van der Waals surface area contributed by atoms with E-state index >= 15 is 0 Å². The van der Waals surface area contributed by atoms with Crippen LogP contribution in [0.3, 0.4) is 0 Å². The molecular weight excluding hydrogens is 355 g/mol. The molecule has 1 aromatic carbocycles. The summed E-state index contributed by atoms with van der Waals surface area (Å²) in [5.74, 6) is -0.173. The molecule has 1 aliphatic carbocycles. The third-order valence-corrected chi connectivity index (χ3v) is 6.31. The molecule has 1 aliphatic rings. The first-order valence-electron chi connectivity index (χ1n) is 8.69. The lowest BCUT2D eigenvalue weighted by atomic mass is 9.68. The Morgan fingerprint density at radius 3 is 2.12 bits per heavy atom. The number of benzene rings is 1. The van der Waals surface area contributed by atoms with Gasteiger partial charge in [-0.1, -0.05) is 18.9 Å². The highest BCUT2D eigenvalue weighted by molar-refractivity contribution is 7.28. The van der Waals surface area contributed by atoms with Crippen LogP contribution in [0.5, 0.6) is 11.5 Å².